The number of aryl methyl sites for hydroxylation is 2. The normalized spacial score (nSPS) is 10.3. The number of aromatic amines is 1. The molecule has 8 heteroatoms. The summed E-state index contributed by atoms with van der Waals surface area (Å²) >= 11 is 0. The molecule has 0 saturated heterocycles. The summed E-state index contributed by atoms with van der Waals surface area (Å²) in [5.41, 5.74) is 1.93. The number of methoxy groups -OCH3 is 1. The minimum absolute atomic E-state index is 0.199. The average Bonchev–Trinajstić information content (AvgIpc) is 2.65. The van der Waals surface area contributed by atoms with Crippen LogP contribution >= 0.6 is 0 Å². The fraction of sp³-hybridized carbons (Fsp3) is 0.545. The minimum Gasteiger partial charge on any atom is -0.480 e. The number of rotatable bonds is 6. The van der Waals surface area contributed by atoms with E-state index < -0.39 is 12.0 Å². The van der Waals surface area contributed by atoms with E-state index in [9.17, 15) is 9.59 Å². The van der Waals surface area contributed by atoms with Gasteiger partial charge in [0.15, 0.2) is 0 Å². The van der Waals surface area contributed by atoms with Crippen LogP contribution in [0.25, 0.3) is 0 Å². The van der Waals surface area contributed by atoms with Crippen LogP contribution in [0.5, 0.6) is 0 Å². The van der Waals surface area contributed by atoms with Gasteiger partial charge in [-0.2, -0.15) is 5.10 Å². The molecule has 0 spiro atoms. The molecule has 2 amide bonds. The number of amides is 2. The lowest BCUT2D eigenvalue weighted by Gasteiger charge is -2.20. The molecule has 1 aromatic heterocycles. The number of urea groups is 1. The van der Waals surface area contributed by atoms with Crippen molar-refractivity contribution in [3.63, 3.8) is 0 Å². The Morgan fingerprint density at radius 1 is 1.47 bits per heavy atom. The molecule has 3 N–H and O–H groups in total. The number of aliphatic carboxylic acids is 1. The second-order valence-electron chi connectivity index (χ2n) is 4.05. The molecule has 19 heavy (non-hydrogen) atoms. The second kappa shape index (κ2) is 6.74. The summed E-state index contributed by atoms with van der Waals surface area (Å²) in [7, 11) is 1.49. The standard InChI is InChI=1S/C11H18N4O4/c1-7-10(8(2)14-13-7)12-11(18)15(4-5-19-3)6-9(16)17/h4-6H2,1-3H3,(H,12,18)(H,13,14)(H,16,17). The van der Waals surface area contributed by atoms with Crippen LogP contribution in [-0.4, -0.2) is 59.0 Å². The number of carbonyl (C=O) groups excluding carboxylic acids is 1. The van der Waals surface area contributed by atoms with Gasteiger partial charge in [-0.1, -0.05) is 0 Å². The monoisotopic (exact) mass is 270 g/mol. The van der Waals surface area contributed by atoms with Gasteiger partial charge in [0.1, 0.15) is 6.54 Å². The Morgan fingerprint density at radius 3 is 2.63 bits per heavy atom. The van der Waals surface area contributed by atoms with E-state index >= 15 is 0 Å². The van der Waals surface area contributed by atoms with Gasteiger partial charge in [0, 0.05) is 13.7 Å². The lowest BCUT2D eigenvalue weighted by Crippen LogP contribution is -2.40. The zero-order valence-corrected chi connectivity index (χ0v) is 11.2. The van der Waals surface area contributed by atoms with Gasteiger partial charge in [-0.05, 0) is 13.8 Å². The van der Waals surface area contributed by atoms with Crippen molar-refractivity contribution in [2.24, 2.45) is 0 Å². The van der Waals surface area contributed by atoms with E-state index in [1.54, 1.807) is 13.8 Å². The average molecular weight is 270 g/mol. The Kier molecular flexibility index (Phi) is 5.31. The Hall–Kier alpha value is -2.09. The van der Waals surface area contributed by atoms with E-state index in [-0.39, 0.29) is 19.7 Å². The Morgan fingerprint density at radius 2 is 2.16 bits per heavy atom. The number of carboxylic acid groups (broad SMARTS) is 1. The summed E-state index contributed by atoms with van der Waals surface area (Å²) in [4.78, 5) is 23.9. The molecule has 0 aliphatic rings. The Balaban J connectivity index is 2.73. The van der Waals surface area contributed by atoms with E-state index in [2.05, 4.69) is 15.5 Å². The first-order chi connectivity index (χ1) is 8.95. The quantitative estimate of drug-likeness (QED) is 0.701. The van der Waals surface area contributed by atoms with Crippen molar-refractivity contribution in [1.82, 2.24) is 15.1 Å². The third-order valence-electron chi connectivity index (χ3n) is 2.54. The van der Waals surface area contributed by atoms with Crippen molar-refractivity contribution >= 4 is 17.7 Å². The van der Waals surface area contributed by atoms with Crippen LogP contribution in [0.4, 0.5) is 10.5 Å². The van der Waals surface area contributed by atoms with E-state index in [1.165, 1.54) is 7.11 Å². The fourth-order valence-electron chi connectivity index (χ4n) is 1.54. The Labute approximate surface area is 110 Å². The molecule has 106 valence electrons. The number of aromatic nitrogens is 2. The van der Waals surface area contributed by atoms with Crippen LogP contribution in [0.1, 0.15) is 11.4 Å². The van der Waals surface area contributed by atoms with Gasteiger partial charge in [0.2, 0.25) is 0 Å². The summed E-state index contributed by atoms with van der Waals surface area (Å²) in [5, 5.41) is 18.1. The van der Waals surface area contributed by atoms with Crippen LogP contribution in [0.3, 0.4) is 0 Å². The maximum absolute atomic E-state index is 12.0. The highest BCUT2D eigenvalue weighted by Gasteiger charge is 2.18. The van der Waals surface area contributed by atoms with Crippen molar-refractivity contribution in [1.29, 1.82) is 0 Å². The molecule has 1 heterocycles. The highest BCUT2D eigenvalue weighted by atomic mass is 16.5. The number of hydrogen-bond donors (Lipinski definition) is 3. The van der Waals surface area contributed by atoms with Gasteiger partial charge in [-0.3, -0.25) is 9.89 Å². The van der Waals surface area contributed by atoms with Crippen molar-refractivity contribution < 1.29 is 19.4 Å². The van der Waals surface area contributed by atoms with Crippen molar-refractivity contribution in [3.05, 3.63) is 11.4 Å². The molecule has 1 rings (SSSR count). The molecule has 0 bridgehead atoms. The molecule has 0 radical (unpaired) electrons. The van der Waals surface area contributed by atoms with E-state index in [0.29, 0.717) is 17.1 Å². The predicted molar refractivity (Wildman–Crippen MR) is 68.2 cm³/mol. The topological polar surface area (TPSA) is 108 Å². The molecule has 0 aromatic carbocycles. The second-order valence-corrected chi connectivity index (χ2v) is 4.05. The molecule has 0 aliphatic carbocycles. The fourth-order valence-corrected chi connectivity index (χ4v) is 1.54. The Bertz CT molecular complexity index is 438. The molecular weight excluding hydrogens is 252 g/mol. The van der Waals surface area contributed by atoms with Gasteiger partial charge in [-0.15, -0.1) is 0 Å². The maximum atomic E-state index is 12.0. The molecule has 0 aliphatic heterocycles. The highest BCUT2D eigenvalue weighted by Crippen LogP contribution is 2.16. The summed E-state index contributed by atoms with van der Waals surface area (Å²) in [5.74, 6) is -1.08. The smallest absolute Gasteiger partial charge is 0.323 e. The molecule has 1 aromatic rings. The zero-order valence-electron chi connectivity index (χ0n) is 11.2. The largest absolute Gasteiger partial charge is 0.480 e. The van der Waals surface area contributed by atoms with Crippen LogP contribution in [-0.2, 0) is 9.53 Å². The van der Waals surface area contributed by atoms with Crippen LogP contribution in [0.2, 0.25) is 0 Å². The van der Waals surface area contributed by atoms with E-state index in [1.807, 2.05) is 0 Å². The lowest BCUT2D eigenvalue weighted by molar-refractivity contribution is -0.137. The number of nitrogens with zero attached hydrogens (tertiary/aromatic N) is 2. The number of nitrogens with one attached hydrogen (secondary N) is 2. The van der Waals surface area contributed by atoms with Crippen molar-refractivity contribution in [3.8, 4) is 0 Å². The molecular formula is C11H18N4O4. The number of ether oxygens (including phenoxy) is 1. The van der Waals surface area contributed by atoms with Crippen molar-refractivity contribution in [2.45, 2.75) is 13.8 Å². The van der Waals surface area contributed by atoms with Gasteiger partial charge in [-0.25, -0.2) is 4.79 Å². The zero-order chi connectivity index (χ0) is 14.4. The van der Waals surface area contributed by atoms with Crippen LogP contribution in [0.15, 0.2) is 0 Å². The molecule has 0 unspecified atom stereocenters. The van der Waals surface area contributed by atoms with Crippen LogP contribution < -0.4 is 5.32 Å². The third-order valence-corrected chi connectivity index (χ3v) is 2.54. The number of carboxylic acids is 1. The summed E-state index contributed by atoms with van der Waals surface area (Å²) in [6.45, 7) is 3.60. The molecule has 8 nitrogen and oxygen atoms in total. The number of anilines is 1. The van der Waals surface area contributed by atoms with Gasteiger partial charge >= 0.3 is 12.0 Å². The van der Waals surface area contributed by atoms with E-state index in [0.717, 1.165) is 4.90 Å². The maximum Gasteiger partial charge on any atom is 0.323 e. The first kappa shape index (κ1) is 15.0. The number of H-pyrrole nitrogens is 1. The van der Waals surface area contributed by atoms with Gasteiger partial charge in [0.05, 0.1) is 23.7 Å². The lowest BCUT2D eigenvalue weighted by atomic mass is 10.3. The van der Waals surface area contributed by atoms with Gasteiger partial charge in [0.25, 0.3) is 0 Å². The third kappa shape index (κ3) is 4.25. The van der Waals surface area contributed by atoms with E-state index in [4.69, 9.17) is 9.84 Å². The predicted octanol–water partition coefficient (Wildman–Crippen LogP) is 0.591. The highest BCUT2D eigenvalue weighted by molar-refractivity contribution is 5.92. The number of carbonyl (C=O) groups is 2. The molecule has 0 fully saturated rings. The first-order valence-electron chi connectivity index (χ1n) is 5.74. The SMILES string of the molecule is COCCN(CC(=O)O)C(=O)Nc1c(C)n[nH]c1C. The molecule has 0 atom stereocenters. The number of hydrogen-bond acceptors (Lipinski definition) is 4. The van der Waals surface area contributed by atoms with Crippen LogP contribution in [0, 0.1) is 13.8 Å². The summed E-state index contributed by atoms with van der Waals surface area (Å²) < 4.78 is 4.85. The summed E-state index contributed by atoms with van der Waals surface area (Å²) in [6, 6.07) is -0.493. The summed E-state index contributed by atoms with van der Waals surface area (Å²) in [6.07, 6.45) is 0. The van der Waals surface area contributed by atoms with Crippen molar-refractivity contribution in [2.75, 3.05) is 32.1 Å². The first-order valence-corrected chi connectivity index (χ1v) is 5.74. The molecule has 0 saturated carbocycles. The minimum atomic E-state index is -1.08. The van der Waals surface area contributed by atoms with Gasteiger partial charge < -0.3 is 20.1 Å².